The number of likely N-dealkylation sites (N-methyl/N-ethyl adjacent to an activating group) is 1. The van der Waals surface area contributed by atoms with Crippen LogP contribution in [0.4, 0.5) is 5.69 Å². The maximum Gasteiger partial charge on any atom is 0.341 e. The van der Waals surface area contributed by atoms with Gasteiger partial charge in [0.1, 0.15) is 5.00 Å². The summed E-state index contributed by atoms with van der Waals surface area (Å²) in [6.07, 6.45) is 5.92. The summed E-state index contributed by atoms with van der Waals surface area (Å²) in [7, 11) is 1.67. The lowest BCUT2D eigenvalue weighted by atomic mass is 9.95. The molecule has 1 N–H and O–H groups in total. The van der Waals surface area contributed by atoms with E-state index < -0.39 is 5.97 Å². The van der Waals surface area contributed by atoms with E-state index in [9.17, 15) is 14.4 Å². The second kappa shape index (κ2) is 10.9. The number of aliphatic imine (C=N–C) groups is 1. The Morgan fingerprint density at radius 1 is 1.15 bits per heavy atom. The smallest absolute Gasteiger partial charge is 0.341 e. The van der Waals surface area contributed by atoms with E-state index in [2.05, 4.69) is 9.56 Å². The predicted octanol–water partition coefficient (Wildman–Crippen LogP) is 6.14. The molecule has 1 fully saturated rings. The molecule has 1 amide bonds. The van der Waals surface area contributed by atoms with E-state index in [1.165, 1.54) is 33.7 Å². The van der Waals surface area contributed by atoms with Crippen molar-refractivity contribution in [1.29, 1.82) is 0 Å². The lowest BCUT2D eigenvalue weighted by Gasteiger charge is -2.13. The molecule has 1 saturated heterocycles. The van der Waals surface area contributed by atoms with Crippen LogP contribution in [0.15, 0.2) is 40.2 Å². The van der Waals surface area contributed by atoms with Gasteiger partial charge >= 0.3 is 11.9 Å². The fourth-order valence-corrected chi connectivity index (χ4v) is 7.42. The maximum absolute atomic E-state index is 13.1. The number of nitrogens with zero attached hydrogens (tertiary/aromatic N) is 3. The molecule has 0 spiro atoms. The second-order valence-electron chi connectivity index (χ2n) is 9.49. The van der Waals surface area contributed by atoms with Crippen molar-refractivity contribution in [2.75, 3.05) is 13.7 Å². The van der Waals surface area contributed by atoms with Crippen LogP contribution in [0.1, 0.15) is 67.9 Å². The third kappa shape index (κ3) is 5.06. The number of ether oxygens (including phenoxy) is 1. The Balaban J connectivity index is 1.50. The Morgan fingerprint density at radius 3 is 2.56 bits per heavy atom. The van der Waals surface area contributed by atoms with Gasteiger partial charge in [-0.25, -0.2) is 14.6 Å². The van der Waals surface area contributed by atoms with Crippen LogP contribution in [0, 0.1) is 13.8 Å². The summed E-state index contributed by atoms with van der Waals surface area (Å²) < 4.78 is 7.57. The quantitative estimate of drug-likeness (QED) is 0.285. The lowest BCUT2D eigenvalue weighted by molar-refractivity contribution is -0.121. The Labute approximate surface area is 235 Å². The molecule has 0 radical (unpaired) electrons. The third-order valence-corrected chi connectivity index (χ3v) is 9.27. The summed E-state index contributed by atoms with van der Waals surface area (Å²) in [4.78, 5) is 45.1. The molecule has 0 unspecified atom stereocenters. The number of fused-ring (bicyclic) bond motifs is 1. The minimum absolute atomic E-state index is 0.162. The Hall–Kier alpha value is -3.63. The minimum Gasteiger partial charge on any atom is -0.478 e. The van der Waals surface area contributed by atoms with Crippen molar-refractivity contribution in [2.45, 2.75) is 46.5 Å². The van der Waals surface area contributed by atoms with Crippen molar-refractivity contribution < 1.29 is 24.2 Å². The van der Waals surface area contributed by atoms with Crippen LogP contribution < -0.4 is 0 Å². The molecule has 1 aliphatic carbocycles. The van der Waals surface area contributed by atoms with Crippen LogP contribution in [0.3, 0.4) is 0 Å². The van der Waals surface area contributed by atoms with Crippen LogP contribution in [-0.2, 0) is 22.4 Å². The molecule has 2 aliphatic rings. The van der Waals surface area contributed by atoms with Gasteiger partial charge in [-0.05, 0) is 106 Å². The second-order valence-corrected chi connectivity index (χ2v) is 11.6. The van der Waals surface area contributed by atoms with Gasteiger partial charge in [0.05, 0.1) is 28.3 Å². The molecule has 5 rings (SSSR count). The van der Waals surface area contributed by atoms with Crippen LogP contribution in [-0.4, -0.2) is 51.2 Å². The average Bonchev–Trinajstić information content (AvgIpc) is 3.51. The first kappa shape index (κ1) is 27.0. The summed E-state index contributed by atoms with van der Waals surface area (Å²) in [5.41, 5.74) is 5.34. The zero-order chi connectivity index (χ0) is 27.8. The standard InChI is InChI=1S/C29H29N3O5S2/c1-5-37-28(36)24-21-8-6-7-9-22(21)38-26(24)32-16(2)14-19(17(32)3)15-23-25(33)31(4)29(39-23)30-20-12-10-18(11-13-20)27(34)35/h10-15H,5-9H2,1-4H3,(H,34,35)/b23-15-,30-29?. The van der Waals surface area contributed by atoms with E-state index in [-0.39, 0.29) is 17.4 Å². The van der Waals surface area contributed by atoms with E-state index in [4.69, 9.17) is 9.84 Å². The van der Waals surface area contributed by atoms with Crippen LogP contribution in [0.2, 0.25) is 0 Å². The predicted molar refractivity (Wildman–Crippen MR) is 155 cm³/mol. The molecule has 39 heavy (non-hydrogen) atoms. The average molecular weight is 564 g/mol. The number of carbonyl (C=O) groups excluding carboxylic acids is 2. The fraction of sp³-hybridized carbons (Fsp3) is 0.310. The molecule has 202 valence electrons. The number of amides is 1. The number of carboxylic acid groups (broad SMARTS) is 1. The van der Waals surface area contributed by atoms with E-state index in [0.717, 1.165) is 53.2 Å². The van der Waals surface area contributed by atoms with Crippen molar-refractivity contribution in [2.24, 2.45) is 4.99 Å². The Kier molecular flexibility index (Phi) is 7.51. The number of thioether (sulfide) groups is 1. The minimum atomic E-state index is -1.00. The number of hydrogen-bond donors (Lipinski definition) is 1. The van der Waals surface area contributed by atoms with Crippen LogP contribution in [0.5, 0.6) is 0 Å². The van der Waals surface area contributed by atoms with Gasteiger partial charge in [-0.2, -0.15) is 0 Å². The largest absolute Gasteiger partial charge is 0.478 e. The zero-order valence-corrected chi connectivity index (χ0v) is 23.9. The first-order valence-corrected chi connectivity index (χ1v) is 14.4. The number of aryl methyl sites for hydroxylation is 2. The van der Waals surface area contributed by atoms with Gasteiger partial charge in [-0.15, -0.1) is 11.3 Å². The number of rotatable bonds is 6. The van der Waals surface area contributed by atoms with Crippen molar-refractivity contribution in [3.63, 3.8) is 0 Å². The number of aromatic carboxylic acids is 1. The van der Waals surface area contributed by atoms with E-state index >= 15 is 0 Å². The van der Waals surface area contributed by atoms with Crippen molar-refractivity contribution in [3.8, 4) is 5.00 Å². The van der Waals surface area contributed by atoms with Crippen LogP contribution in [0.25, 0.3) is 11.1 Å². The summed E-state index contributed by atoms with van der Waals surface area (Å²) >= 11 is 2.94. The topological polar surface area (TPSA) is 101 Å². The van der Waals surface area contributed by atoms with Gasteiger partial charge in [0.2, 0.25) is 0 Å². The number of benzene rings is 1. The Morgan fingerprint density at radius 2 is 1.87 bits per heavy atom. The fourth-order valence-electron chi connectivity index (χ4n) is 4.95. The van der Waals surface area contributed by atoms with Gasteiger partial charge in [0, 0.05) is 23.3 Å². The van der Waals surface area contributed by atoms with Gasteiger partial charge in [0.25, 0.3) is 5.91 Å². The van der Waals surface area contributed by atoms with Gasteiger partial charge in [0.15, 0.2) is 5.17 Å². The highest BCUT2D eigenvalue weighted by molar-refractivity contribution is 8.18. The summed E-state index contributed by atoms with van der Waals surface area (Å²) in [6, 6.07) is 8.24. The van der Waals surface area contributed by atoms with E-state index in [1.807, 2.05) is 32.9 Å². The van der Waals surface area contributed by atoms with Gasteiger partial charge in [-0.1, -0.05) is 0 Å². The van der Waals surface area contributed by atoms with Crippen LogP contribution >= 0.6 is 23.1 Å². The number of aromatic nitrogens is 1. The van der Waals surface area contributed by atoms with E-state index in [0.29, 0.717) is 27.9 Å². The highest BCUT2D eigenvalue weighted by Crippen LogP contribution is 2.40. The molecule has 0 bridgehead atoms. The lowest BCUT2D eigenvalue weighted by Crippen LogP contribution is -2.23. The number of esters is 1. The number of carboxylic acids is 1. The van der Waals surface area contributed by atoms with Gasteiger partial charge in [-0.3, -0.25) is 9.69 Å². The number of carbonyl (C=O) groups is 3. The normalized spacial score (nSPS) is 17.2. The third-order valence-electron chi connectivity index (χ3n) is 6.93. The Bertz CT molecular complexity index is 1550. The molecule has 2 aromatic heterocycles. The monoisotopic (exact) mass is 563 g/mol. The summed E-state index contributed by atoms with van der Waals surface area (Å²) in [6.45, 7) is 6.15. The van der Waals surface area contributed by atoms with E-state index in [1.54, 1.807) is 30.5 Å². The molecule has 1 aromatic carbocycles. The highest BCUT2D eigenvalue weighted by Gasteiger charge is 2.32. The zero-order valence-electron chi connectivity index (χ0n) is 22.2. The first-order chi connectivity index (χ1) is 18.7. The molecule has 1 aliphatic heterocycles. The number of thiophene rings is 1. The molecule has 8 nitrogen and oxygen atoms in total. The summed E-state index contributed by atoms with van der Waals surface area (Å²) in [5, 5.41) is 10.5. The number of amidine groups is 1. The number of hydrogen-bond acceptors (Lipinski definition) is 7. The SMILES string of the molecule is CCOC(=O)c1c(-n2c(C)cc(/C=C3\SC(=Nc4ccc(C(=O)O)cc4)N(C)C3=O)c2C)sc2c1CCCC2. The molecule has 0 saturated carbocycles. The molecule has 10 heteroatoms. The molecular formula is C29H29N3O5S2. The summed E-state index contributed by atoms with van der Waals surface area (Å²) in [5.74, 6) is -1.44. The van der Waals surface area contributed by atoms with Crippen molar-refractivity contribution in [1.82, 2.24) is 9.47 Å². The van der Waals surface area contributed by atoms with Gasteiger partial charge < -0.3 is 14.4 Å². The molecule has 3 aromatic rings. The molecular weight excluding hydrogens is 534 g/mol. The highest BCUT2D eigenvalue weighted by atomic mass is 32.2. The molecule has 3 heterocycles. The maximum atomic E-state index is 13.1. The molecule has 0 atom stereocenters. The van der Waals surface area contributed by atoms with Crippen molar-refractivity contribution in [3.05, 3.63) is 73.8 Å². The first-order valence-electron chi connectivity index (χ1n) is 12.8. The van der Waals surface area contributed by atoms with Crippen molar-refractivity contribution >= 4 is 57.9 Å².